The van der Waals surface area contributed by atoms with Crippen LogP contribution in [0.2, 0.25) is 0 Å². The van der Waals surface area contributed by atoms with Crippen molar-refractivity contribution < 1.29 is 33.2 Å². The van der Waals surface area contributed by atoms with Crippen molar-refractivity contribution in [1.29, 1.82) is 0 Å². The van der Waals surface area contributed by atoms with E-state index in [1.807, 2.05) is 36.4 Å². The van der Waals surface area contributed by atoms with Gasteiger partial charge in [0.2, 0.25) is 0 Å². The summed E-state index contributed by atoms with van der Waals surface area (Å²) >= 11 is 13.0. The number of carbonyl (C=O) groups excluding carboxylic acids is 1. The number of nitrogens with zero attached hydrogens (tertiary/aromatic N) is 5. The number of hydrogen-bond donors (Lipinski definition) is 1. The Bertz CT molecular complexity index is 752. The molecular weight excluding hydrogens is 639 g/mol. The predicted molar refractivity (Wildman–Crippen MR) is 133 cm³/mol. The van der Waals surface area contributed by atoms with Gasteiger partial charge in [0.25, 0.3) is 0 Å². The molecule has 3 aromatic rings. The van der Waals surface area contributed by atoms with Crippen LogP contribution in [0.25, 0.3) is 0 Å². The minimum absolute atomic E-state index is 0.479. The number of aliphatic imine (C=N–C) groups is 2. The maximum absolute atomic E-state index is 9.94. The van der Waals surface area contributed by atoms with E-state index in [2.05, 4.69) is 87.3 Å². The average Bonchev–Trinajstić information content (AvgIpc) is 2.91. The van der Waals surface area contributed by atoms with Crippen LogP contribution in [-0.2, 0) is 28.4 Å². The summed E-state index contributed by atoms with van der Waals surface area (Å²) in [6, 6.07) is 16.7. The summed E-state index contributed by atoms with van der Waals surface area (Å²) in [4.78, 5) is 29.3. The van der Waals surface area contributed by atoms with Crippen molar-refractivity contribution in [2.45, 2.75) is 0 Å². The van der Waals surface area contributed by atoms with Crippen LogP contribution < -0.4 is 5.73 Å². The first-order valence-corrected chi connectivity index (χ1v) is 13.3. The number of aldehydes is 1. The summed E-state index contributed by atoms with van der Waals surface area (Å²) in [7, 11) is 4.96. The number of carbonyl (C=O) groups is 1. The van der Waals surface area contributed by atoms with E-state index in [4.69, 9.17) is 0 Å². The Morgan fingerprint density at radius 1 is 0.688 bits per heavy atom. The van der Waals surface area contributed by atoms with Crippen molar-refractivity contribution >= 4 is 46.9 Å². The molecule has 182 valence electrons. The van der Waals surface area contributed by atoms with Gasteiger partial charge in [0.15, 0.2) is 6.29 Å². The topological polar surface area (TPSA) is 106 Å². The van der Waals surface area contributed by atoms with Gasteiger partial charge >= 0.3 is 56.6 Å². The third-order valence-corrected chi connectivity index (χ3v) is 2.71. The monoisotopic (exact) mass is 662 g/mol. The summed E-state index contributed by atoms with van der Waals surface area (Å²) in [5.41, 5.74) is 6.78. The Balaban J connectivity index is -0.000000353. The SMILES string of the molecule is CN.CN=Cc1ccccn1.CN=Cc1ccccn1.O=Cc1ccccn1.[Cu][Br].[Cu][Br]. The normalized spacial score (nSPS) is 8.56. The van der Waals surface area contributed by atoms with E-state index in [1.165, 1.54) is 7.05 Å². The van der Waals surface area contributed by atoms with Gasteiger partial charge in [-0.3, -0.25) is 29.7 Å². The van der Waals surface area contributed by atoms with Crippen LogP contribution in [0.1, 0.15) is 21.9 Å². The van der Waals surface area contributed by atoms with Crippen LogP contribution in [0.4, 0.5) is 0 Å². The summed E-state index contributed by atoms with van der Waals surface area (Å²) in [6.45, 7) is 0. The van der Waals surface area contributed by atoms with Gasteiger partial charge in [0.1, 0.15) is 5.69 Å². The van der Waals surface area contributed by atoms with Gasteiger partial charge in [-0.2, -0.15) is 0 Å². The Morgan fingerprint density at radius 2 is 1.00 bits per heavy atom. The maximum atomic E-state index is 9.94. The number of aromatic nitrogens is 3. The third kappa shape index (κ3) is 23.1. The number of pyridine rings is 3. The van der Waals surface area contributed by atoms with Gasteiger partial charge in [0, 0.05) is 45.1 Å². The number of nitrogens with two attached hydrogens (primary N) is 1. The van der Waals surface area contributed by atoms with Crippen molar-refractivity contribution in [3.63, 3.8) is 0 Å². The first kappa shape index (κ1) is 35.0. The number of halogens is 2. The second-order valence-electron chi connectivity index (χ2n) is 4.66. The Kier molecular flexibility index (Phi) is 34.6. The molecule has 0 aromatic carbocycles. The summed E-state index contributed by atoms with van der Waals surface area (Å²) in [6.07, 6.45) is 9.25. The average molecular weight is 665 g/mol. The van der Waals surface area contributed by atoms with Crippen LogP contribution >= 0.6 is 28.2 Å². The molecule has 0 radical (unpaired) electrons. The van der Waals surface area contributed by atoms with E-state index in [0.717, 1.165) is 17.7 Å². The molecule has 0 aliphatic heterocycles. The molecule has 0 spiro atoms. The molecule has 3 heterocycles. The molecule has 0 saturated heterocycles. The molecule has 0 saturated carbocycles. The van der Waals surface area contributed by atoms with Crippen LogP contribution in [0.5, 0.6) is 0 Å². The summed E-state index contributed by atoms with van der Waals surface area (Å²) in [5, 5.41) is 0. The van der Waals surface area contributed by atoms with E-state index >= 15 is 0 Å². The van der Waals surface area contributed by atoms with E-state index in [9.17, 15) is 4.79 Å². The Hall–Kier alpha value is -1.58. The third-order valence-electron chi connectivity index (χ3n) is 2.71. The molecule has 7 nitrogen and oxygen atoms in total. The van der Waals surface area contributed by atoms with E-state index < -0.39 is 0 Å². The number of hydrogen-bond acceptors (Lipinski definition) is 7. The van der Waals surface area contributed by atoms with E-state index in [-0.39, 0.29) is 0 Å². The molecule has 0 bridgehead atoms. The van der Waals surface area contributed by atoms with Crippen molar-refractivity contribution in [3.05, 3.63) is 90.3 Å². The molecule has 0 fully saturated rings. The second kappa shape index (κ2) is 31.6. The van der Waals surface area contributed by atoms with Crippen molar-refractivity contribution in [3.8, 4) is 0 Å². The van der Waals surface area contributed by atoms with Crippen molar-refractivity contribution in [2.24, 2.45) is 15.7 Å². The van der Waals surface area contributed by atoms with Gasteiger partial charge < -0.3 is 5.73 Å². The fourth-order valence-electron chi connectivity index (χ4n) is 1.61. The zero-order valence-electron chi connectivity index (χ0n) is 17.7. The predicted octanol–water partition coefficient (Wildman–Crippen LogP) is 4.42. The van der Waals surface area contributed by atoms with Crippen LogP contribution in [-0.4, -0.2) is 54.8 Å². The van der Waals surface area contributed by atoms with Gasteiger partial charge in [0.05, 0.1) is 11.4 Å². The molecule has 0 atom stereocenters. The molecule has 3 aromatic heterocycles. The van der Waals surface area contributed by atoms with Crippen LogP contribution in [0.3, 0.4) is 0 Å². The molecule has 0 amide bonds. The summed E-state index contributed by atoms with van der Waals surface area (Å²) < 4.78 is 0. The van der Waals surface area contributed by atoms with Gasteiger partial charge in [-0.05, 0) is 43.4 Å². The van der Waals surface area contributed by atoms with Crippen molar-refractivity contribution in [1.82, 2.24) is 15.0 Å². The Morgan fingerprint density at radius 3 is 1.19 bits per heavy atom. The van der Waals surface area contributed by atoms with E-state index in [1.54, 1.807) is 63.3 Å². The van der Waals surface area contributed by atoms with Crippen LogP contribution in [0, 0.1) is 0 Å². The molecule has 3 rings (SSSR count). The van der Waals surface area contributed by atoms with Crippen LogP contribution in [0.15, 0.2) is 83.2 Å². The molecule has 11 heteroatoms. The van der Waals surface area contributed by atoms with Gasteiger partial charge in [-0.1, -0.05) is 18.2 Å². The number of rotatable bonds is 3. The second-order valence-corrected chi connectivity index (χ2v) is 4.66. The van der Waals surface area contributed by atoms with E-state index in [0.29, 0.717) is 5.69 Å². The first-order chi connectivity index (χ1) is 15.8. The quantitative estimate of drug-likeness (QED) is 0.254. The van der Waals surface area contributed by atoms with Crippen molar-refractivity contribution in [2.75, 3.05) is 21.1 Å². The molecule has 0 unspecified atom stereocenters. The van der Waals surface area contributed by atoms with Gasteiger partial charge in [-0.15, -0.1) is 0 Å². The molecule has 2 N–H and O–H groups in total. The zero-order chi connectivity index (χ0) is 24.9. The standard InChI is InChI=1S/2C7H8N2.C6H5NO.CH5N.2BrH.2Cu/c2*1-8-6-7-4-2-3-5-9-7;8-5-6-3-1-2-4-7-6;1-2;;;;/h2*2-6H,1H3;1-5H;2H2,1H3;2*1H;;/q;;;;;;2*+1/p-2. The molecular formula is C21H26Br2Cu2N6O. The molecule has 0 aliphatic carbocycles. The molecule has 0 aliphatic rings. The first-order valence-electron chi connectivity index (χ1n) is 8.63. The van der Waals surface area contributed by atoms with Gasteiger partial charge in [-0.25, -0.2) is 0 Å². The zero-order valence-corrected chi connectivity index (χ0v) is 22.8. The fourth-order valence-corrected chi connectivity index (χ4v) is 1.61. The Labute approximate surface area is 220 Å². The minimum atomic E-state index is 0.479. The fraction of sp³-hybridized carbons (Fsp3) is 0.143. The summed E-state index contributed by atoms with van der Waals surface area (Å²) in [5.74, 6) is 0. The molecule has 32 heavy (non-hydrogen) atoms.